The lowest BCUT2D eigenvalue weighted by Crippen LogP contribution is -2.56. The van der Waals surface area contributed by atoms with Crippen LogP contribution in [0.4, 0.5) is 4.79 Å². The average Bonchev–Trinajstić information content (AvgIpc) is 3.28. The summed E-state index contributed by atoms with van der Waals surface area (Å²) in [6.07, 6.45) is 6.31. The van der Waals surface area contributed by atoms with Crippen molar-refractivity contribution in [3.05, 3.63) is 35.9 Å². The Hall–Kier alpha value is -1.96. The van der Waals surface area contributed by atoms with Crippen molar-refractivity contribution >= 4 is 11.8 Å². The van der Waals surface area contributed by atoms with Crippen LogP contribution < -0.4 is 0 Å². The minimum Gasteiger partial charge on any atom is -0.390 e. The number of nitrogens with zero attached hydrogens (tertiary/aromatic N) is 3. The maximum Gasteiger partial charge on any atom is 0.321 e. The van der Waals surface area contributed by atoms with E-state index >= 15 is 0 Å². The van der Waals surface area contributed by atoms with Gasteiger partial charge < -0.3 is 20.0 Å². The highest BCUT2D eigenvalue weighted by Crippen LogP contribution is 2.49. The lowest BCUT2D eigenvalue weighted by Gasteiger charge is -2.51. The normalized spacial score (nSPS) is 35.8. The Labute approximate surface area is 209 Å². The van der Waals surface area contributed by atoms with Gasteiger partial charge in [0.25, 0.3) is 0 Å². The fraction of sp³-hybridized carbons (Fsp3) is 0.714. The summed E-state index contributed by atoms with van der Waals surface area (Å²) in [4.78, 5) is 33.0. The maximum absolute atomic E-state index is 13.7. The Kier molecular flexibility index (Phi) is 6.70. The van der Waals surface area contributed by atoms with Crippen molar-refractivity contribution in [1.82, 2.24) is 14.7 Å². The fourth-order valence-corrected chi connectivity index (χ4v) is 7.08. The minimum absolute atomic E-state index is 0.00130. The first-order valence-corrected chi connectivity index (χ1v) is 13.4. The second kappa shape index (κ2) is 9.49. The van der Waals surface area contributed by atoms with E-state index < -0.39 is 12.2 Å². The number of carbonyl (C=O) groups is 2. The summed E-state index contributed by atoms with van der Waals surface area (Å²) in [5.74, 6) is 0.175. The predicted octanol–water partition coefficient (Wildman–Crippen LogP) is 2.99. The number of hydrogen-bond donors (Lipinski definition) is 2. The van der Waals surface area contributed by atoms with Crippen LogP contribution in [0.1, 0.15) is 63.4 Å². The number of amides is 2. The molecule has 1 heterocycles. The van der Waals surface area contributed by atoms with Gasteiger partial charge in [-0.05, 0) is 76.9 Å². The van der Waals surface area contributed by atoms with Crippen LogP contribution >= 0.6 is 0 Å². The molecular weight excluding hydrogens is 442 g/mol. The van der Waals surface area contributed by atoms with Crippen molar-refractivity contribution in [1.29, 1.82) is 0 Å². The number of rotatable bonds is 7. The Bertz CT molecular complexity index is 913. The molecule has 7 nitrogen and oxygen atoms in total. The molecule has 1 aliphatic heterocycles. The summed E-state index contributed by atoms with van der Waals surface area (Å²) in [5, 5.41) is 19.8. The minimum atomic E-state index is -0.838. The van der Waals surface area contributed by atoms with Crippen LogP contribution in [0.25, 0.3) is 0 Å². The van der Waals surface area contributed by atoms with E-state index in [1.165, 1.54) is 24.8 Å². The van der Waals surface area contributed by atoms with Gasteiger partial charge in [0.1, 0.15) is 0 Å². The van der Waals surface area contributed by atoms with Crippen LogP contribution in [-0.4, -0.2) is 88.2 Å². The van der Waals surface area contributed by atoms with Gasteiger partial charge in [-0.1, -0.05) is 36.8 Å². The molecule has 4 fully saturated rings. The van der Waals surface area contributed by atoms with Crippen LogP contribution in [0, 0.1) is 11.8 Å². The molecule has 1 aromatic rings. The molecule has 3 saturated carbocycles. The average molecular weight is 484 g/mol. The lowest BCUT2D eigenvalue weighted by molar-refractivity contribution is -0.123. The molecule has 2 amide bonds. The Morgan fingerprint density at radius 2 is 1.66 bits per heavy atom. The van der Waals surface area contributed by atoms with Gasteiger partial charge in [-0.3, -0.25) is 9.69 Å². The van der Waals surface area contributed by atoms with E-state index in [0.29, 0.717) is 25.3 Å². The van der Waals surface area contributed by atoms with Gasteiger partial charge in [0, 0.05) is 24.5 Å². The first-order chi connectivity index (χ1) is 16.7. The van der Waals surface area contributed by atoms with Gasteiger partial charge in [-0.25, -0.2) is 4.79 Å². The van der Waals surface area contributed by atoms with Crippen molar-refractivity contribution < 1.29 is 19.8 Å². The third-order valence-electron chi connectivity index (χ3n) is 9.70. The molecule has 7 heteroatoms. The van der Waals surface area contributed by atoms with E-state index in [4.69, 9.17) is 0 Å². The van der Waals surface area contributed by atoms with Crippen LogP contribution in [-0.2, 0) is 10.3 Å². The molecule has 1 spiro atoms. The number of aliphatic hydroxyl groups is 2. The zero-order valence-corrected chi connectivity index (χ0v) is 21.2. The molecule has 0 bridgehead atoms. The van der Waals surface area contributed by atoms with Crippen LogP contribution in [0.5, 0.6) is 0 Å². The smallest absolute Gasteiger partial charge is 0.321 e. The van der Waals surface area contributed by atoms with E-state index in [9.17, 15) is 19.8 Å². The maximum atomic E-state index is 13.7. The highest BCUT2D eigenvalue weighted by atomic mass is 16.3. The number of carbonyl (C=O) groups excluding carboxylic acids is 2. The molecule has 35 heavy (non-hydrogen) atoms. The van der Waals surface area contributed by atoms with Crippen molar-refractivity contribution in [2.24, 2.45) is 11.8 Å². The zero-order chi connectivity index (χ0) is 24.8. The van der Waals surface area contributed by atoms with Gasteiger partial charge in [0.15, 0.2) is 5.78 Å². The standard InChI is InChI=1S/C28H41N3O4/c1-29(2)28(22-9-4-3-5-10-22)13-11-27(12-14-28)19-30(26(35)31(27)17-20-7-6-8-20)18-25(34)21-15-23(32)24(33)16-21/h3-5,9-10,20-21,23-24,32-33H,6-8,11-19H2,1-2H3/t21?,23-,24+,27-,28+. The Morgan fingerprint density at radius 3 is 2.20 bits per heavy atom. The molecular formula is C28H41N3O4. The SMILES string of the molecule is CN(C)[C@]1(c2ccccc2)CC[C@]2(CC1)CN(CC(=O)C1C[C@@H](O)[C@@H](O)C1)C(=O)N2CC1CCC1. The van der Waals surface area contributed by atoms with Gasteiger partial charge in [-0.15, -0.1) is 0 Å². The van der Waals surface area contributed by atoms with E-state index in [0.717, 1.165) is 32.2 Å². The van der Waals surface area contributed by atoms with Gasteiger partial charge in [-0.2, -0.15) is 0 Å². The molecule has 1 aromatic carbocycles. The van der Waals surface area contributed by atoms with Crippen LogP contribution in [0.3, 0.4) is 0 Å². The summed E-state index contributed by atoms with van der Waals surface area (Å²) < 4.78 is 0. The molecule has 1 unspecified atom stereocenters. The summed E-state index contributed by atoms with van der Waals surface area (Å²) in [5.41, 5.74) is 1.06. The molecule has 0 aromatic heterocycles. The molecule has 4 aliphatic rings. The van der Waals surface area contributed by atoms with Crippen molar-refractivity contribution in [3.63, 3.8) is 0 Å². The fourth-order valence-electron chi connectivity index (χ4n) is 7.08. The summed E-state index contributed by atoms with van der Waals surface area (Å²) in [6, 6.07) is 10.7. The van der Waals surface area contributed by atoms with Crippen molar-refractivity contribution in [2.75, 3.05) is 33.7 Å². The van der Waals surface area contributed by atoms with Gasteiger partial charge in [0.2, 0.25) is 0 Å². The number of Topliss-reactive ketones (excluding diaryl/α,β-unsaturated/α-hetero) is 1. The molecule has 2 N–H and O–H groups in total. The monoisotopic (exact) mass is 483 g/mol. The highest BCUT2D eigenvalue weighted by Gasteiger charge is 2.55. The topological polar surface area (TPSA) is 84.3 Å². The van der Waals surface area contributed by atoms with Gasteiger partial charge in [0.05, 0.1) is 24.3 Å². The highest BCUT2D eigenvalue weighted by molar-refractivity contribution is 5.88. The third kappa shape index (κ3) is 4.40. The number of ketones is 1. The Morgan fingerprint density at radius 1 is 1.03 bits per heavy atom. The van der Waals surface area contributed by atoms with E-state index in [-0.39, 0.29) is 35.4 Å². The van der Waals surface area contributed by atoms with Crippen molar-refractivity contribution in [3.8, 4) is 0 Å². The van der Waals surface area contributed by atoms with Crippen LogP contribution in [0.15, 0.2) is 30.3 Å². The van der Waals surface area contributed by atoms with Gasteiger partial charge >= 0.3 is 6.03 Å². The Balaban J connectivity index is 1.35. The molecule has 3 atom stereocenters. The second-order valence-corrected chi connectivity index (χ2v) is 11.8. The van der Waals surface area contributed by atoms with Crippen LogP contribution in [0.2, 0.25) is 0 Å². The third-order valence-corrected chi connectivity index (χ3v) is 9.70. The van der Waals surface area contributed by atoms with Crippen molar-refractivity contribution in [2.45, 2.75) is 81.1 Å². The molecule has 1 saturated heterocycles. The quantitative estimate of drug-likeness (QED) is 0.623. The number of urea groups is 1. The summed E-state index contributed by atoms with van der Waals surface area (Å²) in [7, 11) is 4.32. The molecule has 0 radical (unpaired) electrons. The summed E-state index contributed by atoms with van der Waals surface area (Å²) in [6.45, 7) is 1.48. The first kappa shape index (κ1) is 24.7. The largest absolute Gasteiger partial charge is 0.390 e. The van der Waals surface area contributed by atoms with E-state index in [1.54, 1.807) is 4.90 Å². The second-order valence-electron chi connectivity index (χ2n) is 11.8. The molecule has 5 rings (SSSR count). The lowest BCUT2D eigenvalue weighted by atomic mass is 9.68. The summed E-state index contributed by atoms with van der Waals surface area (Å²) >= 11 is 0. The molecule has 192 valence electrons. The number of benzene rings is 1. The molecule has 3 aliphatic carbocycles. The predicted molar refractivity (Wildman–Crippen MR) is 134 cm³/mol. The zero-order valence-electron chi connectivity index (χ0n) is 21.2. The van der Waals surface area contributed by atoms with E-state index in [2.05, 4.69) is 54.2 Å². The number of hydrogen-bond acceptors (Lipinski definition) is 5. The first-order valence-electron chi connectivity index (χ1n) is 13.4. The van der Waals surface area contributed by atoms with E-state index in [1.807, 2.05) is 0 Å². The number of aliphatic hydroxyl groups excluding tert-OH is 2.